The number of anilines is 1. The second-order valence-electron chi connectivity index (χ2n) is 5.34. The quantitative estimate of drug-likeness (QED) is 0.862. The zero-order valence-electron chi connectivity index (χ0n) is 12.7. The fourth-order valence-electron chi connectivity index (χ4n) is 2.45. The summed E-state index contributed by atoms with van der Waals surface area (Å²) in [6, 6.07) is 8.63. The van der Waals surface area contributed by atoms with Crippen LogP contribution in [-0.2, 0) is 10.0 Å². The molecule has 3 rings (SSSR count). The number of thiazole rings is 1. The Balaban J connectivity index is 1.72. The minimum Gasteiger partial charge on any atom is -0.345 e. The highest BCUT2D eigenvalue weighted by molar-refractivity contribution is 7.89. The normalized spacial score (nSPS) is 16.9. The van der Waals surface area contributed by atoms with Crippen molar-refractivity contribution in [2.75, 3.05) is 31.1 Å². The van der Waals surface area contributed by atoms with E-state index in [2.05, 4.69) is 16.8 Å². The van der Waals surface area contributed by atoms with Gasteiger partial charge in [-0.25, -0.2) is 13.4 Å². The molecular formula is C15H19N3O2S2. The molecule has 1 aliphatic heterocycles. The van der Waals surface area contributed by atoms with Crippen LogP contribution in [0, 0.1) is 13.8 Å². The number of hydrogen-bond acceptors (Lipinski definition) is 5. The van der Waals surface area contributed by atoms with Crippen LogP contribution >= 0.6 is 11.3 Å². The first kappa shape index (κ1) is 15.5. The Bertz CT molecular complexity index is 729. The molecule has 0 amide bonds. The van der Waals surface area contributed by atoms with Crippen molar-refractivity contribution in [2.45, 2.75) is 18.7 Å². The van der Waals surface area contributed by atoms with Gasteiger partial charge in [0.1, 0.15) is 0 Å². The van der Waals surface area contributed by atoms with Crippen molar-refractivity contribution in [3.63, 3.8) is 0 Å². The summed E-state index contributed by atoms with van der Waals surface area (Å²) in [4.78, 5) is 8.31. The van der Waals surface area contributed by atoms with E-state index in [9.17, 15) is 8.42 Å². The van der Waals surface area contributed by atoms with Gasteiger partial charge in [0.05, 0.1) is 10.6 Å². The molecule has 1 aromatic carbocycles. The van der Waals surface area contributed by atoms with Crippen LogP contribution in [-0.4, -0.2) is 43.9 Å². The summed E-state index contributed by atoms with van der Waals surface area (Å²) in [6.07, 6.45) is 0. The average Bonchev–Trinajstić information content (AvgIpc) is 2.88. The van der Waals surface area contributed by atoms with E-state index in [1.807, 2.05) is 13.0 Å². The molecule has 1 aromatic heterocycles. The molecule has 0 bridgehead atoms. The molecule has 0 unspecified atom stereocenters. The fourth-order valence-corrected chi connectivity index (χ4v) is 4.86. The Morgan fingerprint density at radius 3 is 2.23 bits per heavy atom. The van der Waals surface area contributed by atoms with Gasteiger partial charge in [-0.2, -0.15) is 4.31 Å². The SMILES string of the molecule is Cc1nc(N2CCN(S(=O)(=O)c3ccccc3)CC2)sc1C. The Morgan fingerprint density at radius 1 is 1.05 bits per heavy atom. The molecule has 0 atom stereocenters. The van der Waals surface area contributed by atoms with Gasteiger partial charge in [-0.15, -0.1) is 11.3 Å². The number of sulfonamides is 1. The number of nitrogens with zero attached hydrogens (tertiary/aromatic N) is 3. The summed E-state index contributed by atoms with van der Waals surface area (Å²) >= 11 is 1.67. The molecule has 1 saturated heterocycles. The number of rotatable bonds is 3. The van der Waals surface area contributed by atoms with Crippen LogP contribution in [0.3, 0.4) is 0 Å². The van der Waals surface area contributed by atoms with Crippen molar-refractivity contribution < 1.29 is 8.42 Å². The Hall–Kier alpha value is -1.44. The number of hydrogen-bond donors (Lipinski definition) is 0. The number of aryl methyl sites for hydroxylation is 2. The zero-order valence-corrected chi connectivity index (χ0v) is 14.3. The Labute approximate surface area is 135 Å². The zero-order chi connectivity index (χ0) is 15.7. The fraction of sp³-hybridized carbons (Fsp3) is 0.400. The highest BCUT2D eigenvalue weighted by Gasteiger charge is 2.29. The monoisotopic (exact) mass is 337 g/mol. The summed E-state index contributed by atoms with van der Waals surface area (Å²) < 4.78 is 26.7. The van der Waals surface area contributed by atoms with E-state index in [4.69, 9.17) is 0 Å². The predicted octanol–water partition coefficient (Wildman–Crippen LogP) is 2.27. The minimum absolute atomic E-state index is 0.365. The van der Waals surface area contributed by atoms with Gasteiger partial charge in [0.2, 0.25) is 10.0 Å². The van der Waals surface area contributed by atoms with Crippen molar-refractivity contribution in [2.24, 2.45) is 0 Å². The molecule has 2 heterocycles. The van der Waals surface area contributed by atoms with Crippen molar-refractivity contribution in [1.29, 1.82) is 0 Å². The minimum atomic E-state index is -3.38. The molecule has 7 heteroatoms. The van der Waals surface area contributed by atoms with Crippen LogP contribution in [0.1, 0.15) is 10.6 Å². The van der Waals surface area contributed by atoms with E-state index in [1.165, 1.54) is 4.88 Å². The van der Waals surface area contributed by atoms with E-state index >= 15 is 0 Å². The van der Waals surface area contributed by atoms with Gasteiger partial charge in [0.15, 0.2) is 5.13 Å². The molecule has 118 valence electrons. The van der Waals surface area contributed by atoms with E-state index in [-0.39, 0.29) is 0 Å². The van der Waals surface area contributed by atoms with Crippen molar-refractivity contribution >= 4 is 26.5 Å². The second kappa shape index (κ2) is 5.98. The van der Waals surface area contributed by atoms with Crippen LogP contribution < -0.4 is 4.90 Å². The number of piperazine rings is 1. The first-order valence-corrected chi connectivity index (χ1v) is 9.48. The molecule has 0 saturated carbocycles. The van der Waals surface area contributed by atoms with Crippen LogP contribution in [0.4, 0.5) is 5.13 Å². The third-order valence-corrected chi connectivity index (χ3v) is 6.95. The van der Waals surface area contributed by atoms with E-state index in [1.54, 1.807) is 39.9 Å². The van der Waals surface area contributed by atoms with Crippen molar-refractivity contribution in [3.05, 3.63) is 40.9 Å². The van der Waals surface area contributed by atoms with E-state index < -0.39 is 10.0 Å². The third-order valence-electron chi connectivity index (χ3n) is 3.91. The largest absolute Gasteiger partial charge is 0.345 e. The summed E-state index contributed by atoms with van der Waals surface area (Å²) in [5.74, 6) is 0. The lowest BCUT2D eigenvalue weighted by Gasteiger charge is -2.33. The van der Waals surface area contributed by atoms with Gasteiger partial charge in [-0.1, -0.05) is 18.2 Å². The first-order chi connectivity index (χ1) is 10.5. The maximum Gasteiger partial charge on any atom is 0.243 e. The van der Waals surface area contributed by atoms with Gasteiger partial charge >= 0.3 is 0 Å². The molecule has 0 aliphatic carbocycles. The number of benzene rings is 1. The van der Waals surface area contributed by atoms with Crippen molar-refractivity contribution in [3.8, 4) is 0 Å². The summed E-state index contributed by atoms with van der Waals surface area (Å²) in [5, 5.41) is 0.992. The molecule has 5 nitrogen and oxygen atoms in total. The molecule has 0 spiro atoms. The highest BCUT2D eigenvalue weighted by Crippen LogP contribution is 2.27. The molecule has 1 fully saturated rings. The summed E-state index contributed by atoms with van der Waals surface area (Å²) in [5.41, 5.74) is 1.05. The Kier molecular flexibility index (Phi) is 4.20. The van der Waals surface area contributed by atoms with Crippen LogP contribution in [0.25, 0.3) is 0 Å². The lowest BCUT2D eigenvalue weighted by atomic mass is 10.4. The lowest BCUT2D eigenvalue weighted by molar-refractivity contribution is 0.384. The lowest BCUT2D eigenvalue weighted by Crippen LogP contribution is -2.48. The molecular weight excluding hydrogens is 318 g/mol. The van der Waals surface area contributed by atoms with Gasteiger partial charge in [0.25, 0.3) is 0 Å². The van der Waals surface area contributed by atoms with Crippen LogP contribution in [0.15, 0.2) is 35.2 Å². The molecule has 0 N–H and O–H groups in total. The van der Waals surface area contributed by atoms with Gasteiger partial charge in [-0.3, -0.25) is 0 Å². The van der Waals surface area contributed by atoms with E-state index in [0.717, 1.165) is 10.8 Å². The standard InChI is InChI=1S/C15H19N3O2S2/c1-12-13(2)21-15(16-12)17-8-10-18(11-9-17)22(19,20)14-6-4-3-5-7-14/h3-7H,8-11H2,1-2H3. The maximum absolute atomic E-state index is 12.6. The molecule has 22 heavy (non-hydrogen) atoms. The molecule has 1 aliphatic rings. The van der Waals surface area contributed by atoms with Gasteiger partial charge < -0.3 is 4.90 Å². The summed E-state index contributed by atoms with van der Waals surface area (Å²) in [7, 11) is -3.38. The first-order valence-electron chi connectivity index (χ1n) is 7.22. The second-order valence-corrected chi connectivity index (χ2v) is 8.46. The summed E-state index contributed by atoms with van der Waals surface area (Å²) in [6.45, 7) is 6.42. The van der Waals surface area contributed by atoms with E-state index in [0.29, 0.717) is 31.1 Å². The predicted molar refractivity (Wildman–Crippen MR) is 89.0 cm³/mol. The molecule has 0 radical (unpaired) electrons. The smallest absolute Gasteiger partial charge is 0.243 e. The van der Waals surface area contributed by atoms with Gasteiger partial charge in [0, 0.05) is 31.1 Å². The van der Waals surface area contributed by atoms with Crippen LogP contribution in [0.5, 0.6) is 0 Å². The topological polar surface area (TPSA) is 53.5 Å². The third kappa shape index (κ3) is 2.88. The van der Waals surface area contributed by atoms with Gasteiger partial charge in [-0.05, 0) is 26.0 Å². The number of aromatic nitrogens is 1. The highest BCUT2D eigenvalue weighted by atomic mass is 32.2. The molecule has 2 aromatic rings. The average molecular weight is 337 g/mol. The van der Waals surface area contributed by atoms with Crippen molar-refractivity contribution in [1.82, 2.24) is 9.29 Å². The Morgan fingerprint density at radius 2 is 1.68 bits per heavy atom. The maximum atomic E-state index is 12.6. The van der Waals surface area contributed by atoms with Crippen LogP contribution in [0.2, 0.25) is 0 Å².